The Morgan fingerprint density at radius 2 is 1.82 bits per heavy atom. The average molecular weight is 284 g/mol. The number of hydrogen-bond acceptors (Lipinski definition) is 5. The Morgan fingerprint density at radius 1 is 1.24 bits per heavy atom. The fourth-order valence-corrected chi connectivity index (χ4v) is 4.25. The number of hydrogen-bond donors (Lipinski definition) is 2. The molecule has 102 valence electrons. The van der Waals surface area contributed by atoms with Gasteiger partial charge in [0.1, 0.15) is 9.84 Å². The van der Waals surface area contributed by atoms with Crippen LogP contribution in [0.25, 0.3) is 0 Å². The Kier molecular flexibility index (Phi) is 5.36. The third kappa shape index (κ3) is 5.80. The summed E-state index contributed by atoms with van der Waals surface area (Å²) in [6, 6.07) is 0.121. The number of sulfonamides is 1. The molecule has 1 aliphatic heterocycles. The van der Waals surface area contributed by atoms with E-state index in [1.165, 1.54) is 0 Å². The predicted octanol–water partition coefficient (Wildman–Crippen LogP) is -0.907. The smallest absolute Gasteiger partial charge is 0.212 e. The lowest BCUT2D eigenvalue weighted by Gasteiger charge is -2.23. The topological polar surface area (TPSA) is 92.3 Å². The summed E-state index contributed by atoms with van der Waals surface area (Å²) >= 11 is 0. The highest BCUT2D eigenvalue weighted by Gasteiger charge is 2.23. The third-order valence-electron chi connectivity index (χ3n) is 2.72. The molecular formula is C9H20N2O4S2. The molecule has 0 amide bonds. The SMILES string of the molecule is CCNS(=O)(=O)CCNC1CCS(=O)(=O)CC1. The number of nitrogens with one attached hydrogen (secondary N) is 2. The van der Waals surface area contributed by atoms with Crippen molar-refractivity contribution in [1.29, 1.82) is 0 Å². The molecule has 0 radical (unpaired) electrons. The lowest BCUT2D eigenvalue weighted by Crippen LogP contribution is -2.40. The molecule has 2 N–H and O–H groups in total. The van der Waals surface area contributed by atoms with Gasteiger partial charge in [0, 0.05) is 19.1 Å². The second kappa shape index (κ2) is 6.12. The number of sulfone groups is 1. The van der Waals surface area contributed by atoms with Crippen LogP contribution in [0, 0.1) is 0 Å². The van der Waals surface area contributed by atoms with E-state index in [0.29, 0.717) is 25.9 Å². The van der Waals surface area contributed by atoms with Crippen molar-refractivity contribution in [3.8, 4) is 0 Å². The molecule has 0 saturated carbocycles. The lowest BCUT2D eigenvalue weighted by atomic mass is 10.1. The van der Waals surface area contributed by atoms with Crippen LogP contribution in [-0.4, -0.2) is 53.2 Å². The summed E-state index contributed by atoms with van der Waals surface area (Å²) in [7, 11) is -6.03. The van der Waals surface area contributed by atoms with Crippen molar-refractivity contribution in [1.82, 2.24) is 10.0 Å². The maximum atomic E-state index is 11.3. The molecule has 1 fully saturated rings. The summed E-state index contributed by atoms with van der Waals surface area (Å²) < 4.78 is 47.4. The van der Waals surface area contributed by atoms with Crippen LogP contribution in [0.5, 0.6) is 0 Å². The van der Waals surface area contributed by atoms with Crippen LogP contribution < -0.4 is 10.0 Å². The fraction of sp³-hybridized carbons (Fsp3) is 1.00. The predicted molar refractivity (Wildman–Crippen MR) is 67.1 cm³/mol. The minimum absolute atomic E-state index is 0.0318. The van der Waals surface area contributed by atoms with E-state index in [9.17, 15) is 16.8 Å². The standard InChI is InChI=1S/C9H20N2O4S2/c1-2-11-17(14,15)8-5-10-9-3-6-16(12,13)7-4-9/h9-11H,2-8H2,1H3. The molecular weight excluding hydrogens is 264 g/mol. The molecule has 0 spiro atoms. The summed E-state index contributed by atoms with van der Waals surface area (Å²) in [5.41, 5.74) is 0. The van der Waals surface area contributed by atoms with Gasteiger partial charge in [0.05, 0.1) is 17.3 Å². The van der Waals surface area contributed by atoms with Crippen LogP contribution >= 0.6 is 0 Å². The van der Waals surface area contributed by atoms with E-state index in [1.807, 2.05) is 0 Å². The monoisotopic (exact) mass is 284 g/mol. The van der Waals surface area contributed by atoms with Gasteiger partial charge in [-0.15, -0.1) is 0 Å². The summed E-state index contributed by atoms with van der Waals surface area (Å²) in [6.07, 6.45) is 1.15. The zero-order valence-electron chi connectivity index (χ0n) is 9.98. The van der Waals surface area contributed by atoms with E-state index in [0.717, 1.165) is 0 Å². The van der Waals surface area contributed by atoms with Gasteiger partial charge in [0.15, 0.2) is 0 Å². The Morgan fingerprint density at radius 3 is 2.35 bits per heavy atom. The van der Waals surface area contributed by atoms with Crippen molar-refractivity contribution in [2.75, 3.05) is 30.3 Å². The van der Waals surface area contributed by atoms with E-state index in [-0.39, 0.29) is 23.3 Å². The Hall–Kier alpha value is -0.180. The highest BCUT2D eigenvalue weighted by Crippen LogP contribution is 2.11. The van der Waals surface area contributed by atoms with Crippen LogP contribution in [0.2, 0.25) is 0 Å². The highest BCUT2D eigenvalue weighted by atomic mass is 32.2. The first-order chi connectivity index (χ1) is 7.85. The van der Waals surface area contributed by atoms with Crippen molar-refractivity contribution in [3.63, 3.8) is 0 Å². The summed E-state index contributed by atoms with van der Waals surface area (Å²) in [4.78, 5) is 0. The van der Waals surface area contributed by atoms with Crippen molar-refractivity contribution in [3.05, 3.63) is 0 Å². The van der Waals surface area contributed by atoms with E-state index >= 15 is 0 Å². The fourth-order valence-electron chi connectivity index (χ4n) is 1.78. The molecule has 0 aromatic carbocycles. The second-order valence-electron chi connectivity index (χ2n) is 4.20. The largest absolute Gasteiger partial charge is 0.313 e. The zero-order chi connectivity index (χ0) is 12.9. The Balaban J connectivity index is 2.25. The molecule has 1 aliphatic rings. The van der Waals surface area contributed by atoms with Gasteiger partial charge in [-0.05, 0) is 12.8 Å². The summed E-state index contributed by atoms with van der Waals surface area (Å²) in [5.74, 6) is 0.430. The van der Waals surface area contributed by atoms with Gasteiger partial charge in [-0.25, -0.2) is 21.6 Å². The molecule has 0 aliphatic carbocycles. The molecule has 0 atom stereocenters. The molecule has 8 heteroatoms. The zero-order valence-corrected chi connectivity index (χ0v) is 11.6. The maximum absolute atomic E-state index is 11.3. The Bertz CT molecular complexity index is 416. The summed E-state index contributed by atoms with van der Waals surface area (Å²) in [6.45, 7) is 2.49. The second-order valence-corrected chi connectivity index (χ2v) is 8.43. The molecule has 17 heavy (non-hydrogen) atoms. The van der Waals surface area contributed by atoms with Crippen molar-refractivity contribution >= 4 is 19.9 Å². The third-order valence-corrected chi connectivity index (χ3v) is 5.91. The van der Waals surface area contributed by atoms with E-state index in [1.54, 1.807) is 6.92 Å². The van der Waals surface area contributed by atoms with Crippen LogP contribution in [-0.2, 0) is 19.9 Å². The molecule has 1 saturated heterocycles. The molecule has 1 heterocycles. The van der Waals surface area contributed by atoms with Crippen molar-refractivity contribution in [2.45, 2.75) is 25.8 Å². The van der Waals surface area contributed by atoms with E-state index in [4.69, 9.17) is 0 Å². The molecule has 0 unspecified atom stereocenters. The van der Waals surface area contributed by atoms with Crippen LogP contribution in [0.1, 0.15) is 19.8 Å². The number of rotatable bonds is 6. The minimum Gasteiger partial charge on any atom is -0.313 e. The van der Waals surface area contributed by atoms with Crippen molar-refractivity contribution < 1.29 is 16.8 Å². The molecule has 0 aromatic rings. The quantitative estimate of drug-likeness (QED) is 0.659. The van der Waals surface area contributed by atoms with Gasteiger partial charge in [0.25, 0.3) is 0 Å². The van der Waals surface area contributed by atoms with E-state index < -0.39 is 19.9 Å². The summed E-state index contributed by atoms with van der Waals surface area (Å²) in [5, 5.41) is 3.09. The van der Waals surface area contributed by atoms with Crippen molar-refractivity contribution in [2.24, 2.45) is 0 Å². The lowest BCUT2D eigenvalue weighted by molar-refractivity contribution is 0.473. The normalized spacial score (nSPS) is 21.5. The van der Waals surface area contributed by atoms with Crippen LogP contribution in [0.3, 0.4) is 0 Å². The van der Waals surface area contributed by atoms with Crippen LogP contribution in [0.4, 0.5) is 0 Å². The Labute approximate surface area is 103 Å². The molecule has 0 aromatic heterocycles. The average Bonchev–Trinajstić information content (AvgIpc) is 2.20. The first-order valence-electron chi connectivity index (χ1n) is 5.76. The van der Waals surface area contributed by atoms with Gasteiger partial charge in [-0.1, -0.05) is 6.92 Å². The molecule has 6 nitrogen and oxygen atoms in total. The highest BCUT2D eigenvalue weighted by molar-refractivity contribution is 7.91. The van der Waals surface area contributed by atoms with Gasteiger partial charge < -0.3 is 5.32 Å². The first kappa shape index (κ1) is 14.9. The minimum atomic E-state index is -3.19. The first-order valence-corrected chi connectivity index (χ1v) is 9.23. The van der Waals surface area contributed by atoms with Gasteiger partial charge in [-0.2, -0.15) is 0 Å². The molecule has 1 rings (SSSR count). The van der Waals surface area contributed by atoms with Gasteiger partial charge in [-0.3, -0.25) is 0 Å². The van der Waals surface area contributed by atoms with Gasteiger partial charge in [0.2, 0.25) is 10.0 Å². The molecule has 0 bridgehead atoms. The van der Waals surface area contributed by atoms with Gasteiger partial charge >= 0.3 is 0 Å². The van der Waals surface area contributed by atoms with E-state index in [2.05, 4.69) is 10.0 Å². The maximum Gasteiger partial charge on any atom is 0.212 e. The van der Waals surface area contributed by atoms with Crippen LogP contribution in [0.15, 0.2) is 0 Å².